The van der Waals surface area contributed by atoms with Gasteiger partial charge in [0.15, 0.2) is 0 Å². The number of thiophene rings is 1. The van der Waals surface area contributed by atoms with Gasteiger partial charge in [-0.15, -0.1) is 11.3 Å². The van der Waals surface area contributed by atoms with Crippen molar-refractivity contribution >= 4 is 27.9 Å². The molecule has 5 rings (SSSR count). The van der Waals surface area contributed by atoms with E-state index >= 15 is 0 Å². The molecule has 0 unspecified atom stereocenters. The minimum absolute atomic E-state index is 0.0335. The molecule has 196 valence electrons. The quantitative estimate of drug-likeness (QED) is 0.259. The molecule has 1 aliphatic heterocycles. The fraction of sp³-hybridized carbons (Fsp3) is 0.281. The van der Waals surface area contributed by atoms with Crippen molar-refractivity contribution in [3.8, 4) is 5.75 Å². The average Bonchev–Trinajstić information content (AvgIpc) is 3.37. The highest BCUT2D eigenvalue weighted by Crippen LogP contribution is 2.40. The maximum absolute atomic E-state index is 13.2. The number of nitrogens with zero attached hydrogens (tertiary/aromatic N) is 2. The van der Waals surface area contributed by atoms with Crippen LogP contribution in [0.1, 0.15) is 46.3 Å². The van der Waals surface area contributed by atoms with Gasteiger partial charge >= 0.3 is 0 Å². The van der Waals surface area contributed by atoms with E-state index in [4.69, 9.17) is 4.74 Å². The van der Waals surface area contributed by atoms with E-state index in [-0.39, 0.29) is 11.9 Å². The summed E-state index contributed by atoms with van der Waals surface area (Å²) in [5.41, 5.74) is 4.30. The molecule has 1 N–H and O–H groups in total. The Bertz CT molecular complexity index is 1310. The molecular formula is C32H35N3O2S. The minimum Gasteiger partial charge on any atom is -0.494 e. The molecule has 3 aromatic carbocycles. The number of rotatable bonds is 9. The average molecular weight is 526 g/mol. The Morgan fingerprint density at radius 2 is 1.55 bits per heavy atom. The Morgan fingerprint density at radius 1 is 0.895 bits per heavy atom. The van der Waals surface area contributed by atoms with Gasteiger partial charge in [0.2, 0.25) is 0 Å². The first-order valence-electron chi connectivity index (χ1n) is 13.4. The normalized spacial score (nSPS) is 14.7. The SMILES string of the molecule is CCOc1ccc([C@@H](c2cc(CC)sc2NC(=O)c2ccccc2)N2CCN(c3ccccc3)CC2)cc1. The third kappa shape index (κ3) is 5.93. The Morgan fingerprint density at radius 3 is 2.18 bits per heavy atom. The number of benzene rings is 3. The Balaban J connectivity index is 1.47. The molecule has 1 atom stereocenters. The van der Waals surface area contributed by atoms with Crippen molar-refractivity contribution in [3.05, 3.63) is 113 Å². The predicted molar refractivity (Wildman–Crippen MR) is 158 cm³/mol. The van der Waals surface area contributed by atoms with Gasteiger partial charge in [-0.1, -0.05) is 55.5 Å². The van der Waals surface area contributed by atoms with E-state index in [2.05, 4.69) is 82.7 Å². The molecule has 6 heteroatoms. The third-order valence-corrected chi connectivity index (χ3v) is 8.24. The largest absolute Gasteiger partial charge is 0.494 e. The van der Waals surface area contributed by atoms with Gasteiger partial charge in [0.05, 0.1) is 12.6 Å². The van der Waals surface area contributed by atoms with Gasteiger partial charge in [0.25, 0.3) is 5.91 Å². The zero-order valence-electron chi connectivity index (χ0n) is 22.1. The van der Waals surface area contributed by atoms with E-state index < -0.39 is 0 Å². The molecule has 0 spiro atoms. The predicted octanol–water partition coefficient (Wildman–Crippen LogP) is 6.87. The topological polar surface area (TPSA) is 44.8 Å². The van der Waals surface area contributed by atoms with E-state index in [1.54, 1.807) is 11.3 Å². The molecule has 0 bridgehead atoms. The number of hydrogen-bond donors (Lipinski definition) is 1. The molecular weight excluding hydrogens is 490 g/mol. The van der Waals surface area contributed by atoms with E-state index in [0.29, 0.717) is 12.2 Å². The molecule has 4 aromatic rings. The standard InChI is InChI=1S/C32H35N3O2S/c1-3-28-23-29(32(38-28)33-31(36)25-11-7-5-8-12-25)30(24-15-17-27(18-16-24)37-4-2)35-21-19-34(20-22-35)26-13-9-6-10-14-26/h5-18,23,30H,3-4,19-22H2,1-2H3,(H,33,36)/t30-/m0/s1. The Hall–Kier alpha value is -3.61. The Kier molecular flexibility index (Phi) is 8.41. The summed E-state index contributed by atoms with van der Waals surface area (Å²) in [7, 11) is 0. The molecule has 0 radical (unpaired) electrons. The van der Waals surface area contributed by atoms with Crippen LogP contribution in [0, 0.1) is 0 Å². The molecule has 1 fully saturated rings. The number of amides is 1. The molecule has 0 saturated carbocycles. The van der Waals surface area contributed by atoms with Crippen LogP contribution in [-0.2, 0) is 6.42 Å². The first kappa shape index (κ1) is 26.0. The van der Waals surface area contributed by atoms with E-state index in [0.717, 1.165) is 48.9 Å². The third-order valence-electron chi connectivity index (χ3n) is 7.03. The van der Waals surface area contributed by atoms with Gasteiger partial charge in [-0.05, 0) is 61.4 Å². The molecule has 2 heterocycles. The molecule has 1 aromatic heterocycles. The summed E-state index contributed by atoms with van der Waals surface area (Å²) in [6.45, 7) is 8.57. The number of anilines is 2. The maximum Gasteiger partial charge on any atom is 0.256 e. The summed E-state index contributed by atoms with van der Waals surface area (Å²) in [5.74, 6) is 0.803. The summed E-state index contributed by atoms with van der Waals surface area (Å²) in [4.78, 5) is 19.4. The number of carbonyl (C=O) groups excluding carboxylic acids is 1. The lowest BCUT2D eigenvalue weighted by molar-refractivity contribution is 0.102. The van der Waals surface area contributed by atoms with Crippen LogP contribution in [0.4, 0.5) is 10.7 Å². The highest BCUT2D eigenvalue weighted by molar-refractivity contribution is 7.16. The van der Waals surface area contributed by atoms with Crippen molar-refractivity contribution in [3.63, 3.8) is 0 Å². The molecule has 1 aliphatic rings. The van der Waals surface area contributed by atoms with Crippen molar-refractivity contribution < 1.29 is 9.53 Å². The van der Waals surface area contributed by atoms with Crippen LogP contribution in [0.5, 0.6) is 5.75 Å². The van der Waals surface area contributed by atoms with Crippen molar-refractivity contribution in [1.29, 1.82) is 0 Å². The van der Waals surface area contributed by atoms with Crippen LogP contribution in [0.3, 0.4) is 0 Å². The lowest BCUT2D eigenvalue weighted by Crippen LogP contribution is -2.48. The van der Waals surface area contributed by atoms with Crippen LogP contribution in [0.25, 0.3) is 0 Å². The minimum atomic E-state index is -0.0734. The number of piperazine rings is 1. The lowest BCUT2D eigenvalue weighted by Gasteiger charge is -2.40. The number of nitrogens with one attached hydrogen (secondary N) is 1. The molecule has 1 amide bonds. The highest BCUT2D eigenvalue weighted by atomic mass is 32.1. The summed E-state index contributed by atoms with van der Waals surface area (Å²) in [6.07, 6.45) is 0.927. The van der Waals surface area contributed by atoms with Crippen LogP contribution in [0.2, 0.25) is 0 Å². The molecule has 38 heavy (non-hydrogen) atoms. The number of hydrogen-bond acceptors (Lipinski definition) is 5. The van der Waals surface area contributed by atoms with Crippen molar-refractivity contribution in [2.75, 3.05) is 43.0 Å². The van der Waals surface area contributed by atoms with Gasteiger partial charge in [-0.3, -0.25) is 9.69 Å². The van der Waals surface area contributed by atoms with Crippen LogP contribution < -0.4 is 15.0 Å². The fourth-order valence-corrected chi connectivity index (χ4v) is 6.10. The first-order valence-corrected chi connectivity index (χ1v) is 14.2. The van der Waals surface area contributed by atoms with Gasteiger partial charge in [-0.2, -0.15) is 0 Å². The summed E-state index contributed by atoms with van der Waals surface area (Å²) in [5, 5.41) is 4.19. The van der Waals surface area contributed by atoms with Gasteiger partial charge in [0.1, 0.15) is 10.8 Å². The van der Waals surface area contributed by atoms with Gasteiger partial charge in [0, 0.05) is 47.9 Å². The summed E-state index contributed by atoms with van der Waals surface area (Å²) in [6, 6.07) is 30.9. The number of carbonyl (C=O) groups is 1. The zero-order chi connectivity index (χ0) is 26.3. The van der Waals surface area contributed by atoms with Crippen molar-refractivity contribution in [2.45, 2.75) is 26.3 Å². The fourth-order valence-electron chi connectivity index (χ4n) is 5.08. The van der Waals surface area contributed by atoms with Crippen LogP contribution >= 0.6 is 11.3 Å². The second kappa shape index (κ2) is 12.3. The van der Waals surface area contributed by atoms with Gasteiger partial charge in [-0.25, -0.2) is 0 Å². The number of ether oxygens (including phenoxy) is 1. The second-order valence-corrected chi connectivity index (χ2v) is 10.6. The van der Waals surface area contributed by atoms with Crippen LogP contribution in [-0.4, -0.2) is 43.6 Å². The van der Waals surface area contributed by atoms with E-state index in [1.165, 1.54) is 16.1 Å². The van der Waals surface area contributed by atoms with Gasteiger partial charge < -0.3 is 15.0 Å². The number of para-hydroxylation sites is 1. The monoisotopic (exact) mass is 525 g/mol. The van der Waals surface area contributed by atoms with E-state index in [1.807, 2.05) is 37.3 Å². The van der Waals surface area contributed by atoms with Crippen molar-refractivity contribution in [1.82, 2.24) is 4.90 Å². The molecule has 0 aliphatic carbocycles. The molecule has 1 saturated heterocycles. The Labute approximate surface area is 229 Å². The summed E-state index contributed by atoms with van der Waals surface area (Å²) < 4.78 is 5.73. The summed E-state index contributed by atoms with van der Waals surface area (Å²) >= 11 is 1.68. The first-order chi connectivity index (χ1) is 18.7. The molecule has 5 nitrogen and oxygen atoms in total. The second-order valence-electron chi connectivity index (χ2n) is 9.43. The zero-order valence-corrected chi connectivity index (χ0v) is 22.9. The highest BCUT2D eigenvalue weighted by Gasteiger charge is 2.30. The van der Waals surface area contributed by atoms with Crippen LogP contribution in [0.15, 0.2) is 91.0 Å². The number of aryl methyl sites for hydroxylation is 1. The maximum atomic E-state index is 13.2. The lowest BCUT2D eigenvalue weighted by atomic mass is 9.97. The smallest absolute Gasteiger partial charge is 0.256 e. The van der Waals surface area contributed by atoms with E-state index in [9.17, 15) is 4.79 Å². The van der Waals surface area contributed by atoms with Crippen molar-refractivity contribution in [2.24, 2.45) is 0 Å².